The van der Waals surface area contributed by atoms with E-state index in [-0.39, 0.29) is 12.3 Å². The first kappa shape index (κ1) is 17.6. The fourth-order valence-electron chi connectivity index (χ4n) is 2.33. The second kappa shape index (κ2) is 7.77. The van der Waals surface area contributed by atoms with Crippen molar-refractivity contribution in [1.82, 2.24) is 19.5 Å². The van der Waals surface area contributed by atoms with Gasteiger partial charge in [0.25, 0.3) is 0 Å². The molecule has 0 aliphatic rings. The van der Waals surface area contributed by atoms with E-state index in [2.05, 4.69) is 14.8 Å². The van der Waals surface area contributed by atoms with Crippen molar-refractivity contribution in [2.75, 3.05) is 6.54 Å². The Labute approximate surface area is 151 Å². The third-order valence-corrected chi connectivity index (χ3v) is 5.16. The van der Waals surface area contributed by atoms with Crippen LogP contribution in [0, 0.1) is 0 Å². The number of hydrogen-bond acceptors (Lipinski definition) is 4. The first-order valence-electron chi connectivity index (χ1n) is 7.67. The Hall–Kier alpha value is -2.22. The van der Waals surface area contributed by atoms with Crippen LogP contribution in [-0.4, -0.2) is 29.7 Å². The van der Waals surface area contributed by atoms with Gasteiger partial charge in [-0.2, -0.15) is 5.10 Å². The molecule has 6 nitrogen and oxygen atoms in total. The third-order valence-electron chi connectivity index (χ3n) is 3.55. The highest BCUT2D eigenvalue weighted by atomic mass is 35.5. The molecule has 8 heteroatoms. The summed E-state index contributed by atoms with van der Waals surface area (Å²) in [4.78, 5) is 3.97. The standard InChI is InChI=1S/C17H17ClN4O2S/c18-16-3-1-14(2-4-16)13-25(23,24)20-10-12-22-11-7-17(21-22)15-5-8-19-9-6-15/h1-9,11,20H,10,12-13H2. The number of halogens is 1. The third kappa shape index (κ3) is 5.12. The molecule has 0 atom stereocenters. The van der Waals surface area contributed by atoms with Gasteiger partial charge in [-0.25, -0.2) is 13.1 Å². The zero-order chi connectivity index (χ0) is 17.7. The van der Waals surface area contributed by atoms with Crippen molar-refractivity contribution in [2.45, 2.75) is 12.3 Å². The summed E-state index contributed by atoms with van der Waals surface area (Å²) in [5, 5.41) is 5.01. The van der Waals surface area contributed by atoms with Crippen LogP contribution >= 0.6 is 11.6 Å². The van der Waals surface area contributed by atoms with E-state index < -0.39 is 10.0 Å². The van der Waals surface area contributed by atoms with Crippen molar-refractivity contribution in [3.05, 3.63) is 71.6 Å². The molecule has 0 unspecified atom stereocenters. The normalized spacial score (nSPS) is 11.6. The average Bonchev–Trinajstić information content (AvgIpc) is 3.06. The molecule has 0 saturated heterocycles. The van der Waals surface area contributed by atoms with Gasteiger partial charge in [0.15, 0.2) is 0 Å². The molecular weight excluding hydrogens is 360 g/mol. The van der Waals surface area contributed by atoms with Crippen LogP contribution in [0.1, 0.15) is 5.56 Å². The van der Waals surface area contributed by atoms with Crippen LogP contribution in [0.2, 0.25) is 5.02 Å². The lowest BCUT2D eigenvalue weighted by molar-refractivity contribution is 0.560. The summed E-state index contributed by atoms with van der Waals surface area (Å²) >= 11 is 5.80. The Bertz CT molecular complexity index is 925. The Morgan fingerprint density at radius 2 is 1.76 bits per heavy atom. The molecule has 1 aromatic carbocycles. The van der Waals surface area contributed by atoms with Crippen LogP contribution in [0.15, 0.2) is 61.1 Å². The molecule has 0 bridgehead atoms. The van der Waals surface area contributed by atoms with Crippen molar-refractivity contribution >= 4 is 21.6 Å². The van der Waals surface area contributed by atoms with Gasteiger partial charge in [-0.1, -0.05) is 23.7 Å². The predicted octanol–water partition coefficient (Wildman–Crippen LogP) is 2.72. The van der Waals surface area contributed by atoms with Gasteiger partial charge in [0, 0.05) is 35.7 Å². The summed E-state index contributed by atoms with van der Waals surface area (Å²) in [6.45, 7) is 0.721. The van der Waals surface area contributed by atoms with Crippen LogP contribution in [-0.2, 0) is 22.3 Å². The van der Waals surface area contributed by atoms with Crippen molar-refractivity contribution < 1.29 is 8.42 Å². The molecular formula is C17H17ClN4O2S. The van der Waals surface area contributed by atoms with E-state index in [9.17, 15) is 8.42 Å². The number of rotatable bonds is 7. The van der Waals surface area contributed by atoms with E-state index in [4.69, 9.17) is 11.6 Å². The number of aromatic nitrogens is 3. The highest BCUT2D eigenvalue weighted by molar-refractivity contribution is 7.88. The largest absolute Gasteiger partial charge is 0.271 e. The molecule has 1 N–H and O–H groups in total. The van der Waals surface area contributed by atoms with Crippen molar-refractivity contribution in [3.63, 3.8) is 0 Å². The first-order valence-corrected chi connectivity index (χ1v) is 9.70. The van der Waals surface area contributed by atoms with E-state index in [1.807, 2.05) is 24.4 Å². The first-order chi connectivity index (χ1) is 12.0. The lowest BCUT2D eigenvalue weighted by atomic mass is 10.2. The fourth-order valence-corrected chi connectivity index (χ4v) is 3.59. The quantitative estimate of drug-likeness (QED) is 0.687. The lowest BCUT2D eigenvalue weighted by Crippen LogP contribution is -2.28. The molecule has 0 fully saturated rings. The lowest BCUT2D eigenvalue weighted by Gasteiger charge is -2.07. The van der Waals surface area contributed by atoms with E-state index in [0.717, 1.165) is 11.3 Å². The topological polar surface area (TPSA) is 76.9 Å². The van der Waals surface area contributed by atoms with Crippen molar-refractivity contribution in [1.29, 1.82) is 0 Å². The SMILES string of the molecule is O=S(=O)(Cc1ccc(Cl)cc1)NCCn1ccc(-c2ccncc2)n1. The maximum absolute atomic E-state index is 12.1. The molecule has 0 spiro atoms. The van der Waals surface area contributed by atoms with Crippen molar-refractivity contribution in [3.8, 4) is 11.3 Å². The molecule has 25 heavy (non-hydrogen) atoms. The summed E-state index contributed by atoms with van der Waals surface area (Å²) in [6.07, 6.45) is 5.24. The minimum absolute atomic E-state index is 0.0778. The molecule has 2 heterocycles. The number of nitrogens with one attached hydrogen (secondary N) is 1. The Morgan fingerprint density at radius 1 is 1.04 bits per heavy atom. The Balaban J connectivity index is 1.54. The summed E-state index contributed by atoms with van der Waals surface area (Å²) < 4.78 is 28.5. The van der Waals surface area contributed by atoms with Gasteiger partial charge in [-0.15, -0.1) is 0 Å². The van der Waals surface area contributed by atoms with Gasteiger partial charge in [0.2, 0.25) is 10.0 Å². The number of pyridine rings is 1. The van der Waals surface area contributed by atoms with E-state index in [0.29, 0.717) is 17.1 Å². The molecule has 0 aliphatic heterocycles. The van der Waals surface area contributed by atoms with E-state index in [1.165, 1.54) is 0 Å². The van der Waals surface area contributed by atoms with Gasteiger partial charge in [0.1, 0.15) is 0 Å². The molecule has 0 saturated carbocycles. The number of nitrogens with zero attached hydrogens (tertiary/aromatic N) is 3. The van der Waals surface area contributed by atoms with Crippen molar-refractivity contribution in [2.24, 2.45) is 0 Å². The second-order valence-electron chi connectivity index (χ2n) is 5.48. The van der Waals surface area contributed by atoms with Gasteiger partial charge in [-0.05, 0) is 35.9 Å². The van der Waals surface area contributed by atoms with Crippen LogP contribution in [0.3, 0.4) is 0 Å². The van der Waals surface area contributed by atoms with Gasteiger partial charge >= 0.3 is 0 Å². The highest BCUT2D eigenvalue weighted by Crippen LogP contribution is 2.15. The maximum atomic E-state index is 12.1. The van der Waals surface area contributed by atoms with E-state index >= 15 is 0 Å². The Morgan fingerprint density at radius 3 is 2.48 bits per heavy atom. The molecule has 3 aromatic rings. The van der Waals surface area contributed by atoms with Gasteiger partial charge in [0.05, 0.1) is 18.0 Å². The molecule has 130 valence electrons. The molecule has 2 aromatic heterocycles. The predicted molar refractivity (Wildman–Crippen MR) is 97.5 cm³/mol. The summed E-state index contributed by atoms with van der Waals surface area (Å²) in [5.74, 6) is -0.0778. The highest BCUT2D eigenvalue weighted by Gasteiger charge is 2.11. The number of hydrogen-bond donors (Lipinski definition) is 1. The molecule has 0 radical (unpaired) electrons. The van der Waals surface area contributed by atoms with E-state index in [1.54, 1.807) is 41.3 Å². The summed E-state index contributed by atoms with van der Waals surface area (Å²) in [6, 6.07) is 12.4. The molecule has 0 amide bonds. The molecule has 0 aliphatic carbocycles. The van der Waals surface area contributed by atoms with Crippen LogP contribution in [0.25, 0.3) is 11.3 Å². The summed E-state index contributed by atoms with van der Waals surface area (Å²) in [5.41, 5.74) is 2.49. The van der Waals surface area contributed by atoms with Gasteiger partial charge < -0.3 is 0 Å². The zero-order valence-electron chi connectivity index (χ0n) is 13.3. The minimum atomic E-state index is -3.41. The summed E-state index contributed by atoms with van der Waals surface area (Å²) in [7, 11) is -3.41. The minimum Gasteiger partial charge on any atom is -0.271 e. The van der Waals surface area contributed by atoms with Crippen LogP contribution in [0.4, 0.5) is 0 Å². The monoisotopic (exact) mass is 376 g/mol. The Kier molecular flexibility index (Phi) is 5.47. The average molecular weight is 377 g/mol. The smallest absolute Gasteiger partial charge is 0.215 e. The fraction of sp³-hybridized carbons (Fsp3) is 0.176. The maximum Gasteiger partial charge on any atom is 0.215 e. The number of benzene rings is 1. The zero-order valence-corrected chi connectivity index (χ0v) is 14.9. The molecule has 3 rings (SSSR count). The second-order valence-corrected chi connectivity index (χ2v) is 7.72. The van der Waals surface area contributed by atoms with Crippen LogP contribution < -0.4 is 4.72 Å². The van der Waals surface area contributed by atoms with Gasteiger partial charge in [-0.3, -0.25) is 9.67 Å². The number of sulfonamides is 1. The van der Waals surface area contributed by atoms with Crippen LogP contribution in [0.5, 0.6) is 0 Å².